The monoisotopic (exact) mass is 422 g/mol. The van der Waals surface area contributed by atoms with E-state index in [0.29, 0.717) is 31.3 Å². The van der Waals surface area contributed by atoms with E-state index in [2.05, 4.69) is 0 Å². The molecule has 1 N–H and O–H groups in total. The SMILES string of the molecule is O=C(N1CCN(S(=O)(=O)c2ccc(F)cc2)CC1)C12C[C@@H]3C[C@@H](CC(O)(C3)C1)C2. The van der Waals surface area contributed by atoms with Crippen LogP contribution in [0.1, 0.15) is 38.5 Å². The van der Waals surface area contributed by atoms with Crippen LogP contribution in [0.25, 0.3) is 0 Å². The van der Waals surface area contributed by atoms with Gasteiger partial charge in [0.1, 0.15) is 5.82 Å². The number of sulfonamides is 1. The van der Waals surface area contributed by atoms with Gasteiger partial charge in [-0.2, -0.15) is 4.31 Å². The standard InChI is InChI=1S/C21H27FN2O4S/c22-17-1-3-18(4-2-17)29(27,28)24-7-5-23(6-8-24)19(25)20-10-15-9-16(11-20)13-21(26,12-15)14-20/h1-4,15-16,26H,5-14H2/t15-,16+,20?,21?. The van der Waals surface area contributed by atoms with Gasteiger partial charge in [-0.3, -0.25) is 4.79 Å². The predicted octanol–water partition coefficient (Wildman–Crippen LogP) is 1.99. The van der Waals surface area contributed by atoms with E-state index in [9.17, 15) is 22.7 Å². The van der Waals surface area contributed by atoms with Gasteiger partial charge in [-0.05, 0) is 74.6 Å². The zero-order valence-corrected chi connectivity index (χ0v) is 17.2. The van der Waals surface area contributed by atoms with Crippen molar-refractivity contribution in [2.24, 2.45) is 17.3 Å². The normalized spacial score (nSPS) is 37.1. The van der Waals surface area contributed by atoms with E-state index in [1.54, 1.807) is 4.90 Å². The second-order valence-electron chi connectivity index (χ2n) is 9.62. The lowest BCUT2D eigenvalue weighted by molar-refractivity contribution is -0.186. The van der Waals surface area contributed by atoms with Gasteiger partial charge in [0.15, 0.2) is 0 Å². The summed E-state index contributed by atoms with van der Waals surface area (Å²) in [6.45, 7) is 1.18. The van der Waals surface area contributed by atoms with Gasteiger partial charge in [-0.1, -0.05) is 0 Å². The number of amides is 1. The molecule has 1 aromatic rings. The van der Waals surface area contributed by atoms with E-state index in [0.717, 1.165) is 44.2 Å². The van der Waals surface area contributed by atoms with Crippen molar-refractivity contribution in [1.82, 2.24) is 9.21 Å². The van der Waals surface area contributed by atoms with Crippen LogP contribution in [-0.2, 0) is 14.8 Å². The van der Waals surface area contributed by atoms with Crippen molar-refractivity contribution in [3.05, 3.63) is 30.1 Å². The quantitative estimate of drug-likeness (QED) is 0.808. The number of nitrogens with zero attached hydrogens (tertiary/aromatic N) is 2. The summed E-state index contributed by atoms with van der Waals surface area (Å²) < 4.78 is 40.1. The number of halogens is 1. The number of carbonyl (C=O) groups is 1. The van der Waals surface area contributed by atoms with Crippen molar-refractivity contribution in [3.8, 4) is 0 Å². The number of rotatable bonds is 3. The lowest BCUT2D eigenvalue weighted by Gasteiger charge is -2.60. The largest absolute Gasteiger partial charge is 0.390 e. The summed E-state index contributed by atoms with van der Waals surface area (Å²) in [7, 11) is -3.69. The van der Waals surface area contributed by atoms with Gasteiger partial charge in [-0.15, -0.1) is 0 Å². The highest BCUT2D eigenvalue weighted by Crippen LogP contribution is 2.62. The lowest BCUT2D eigenvalue weighted by atomic mass is 9.47. The van der Waals surface area contributed by atoms with Crippen molar-refractivity contribution in [2.45, 2.75) is 49.0 Å². The summed E-state index contributed by atoms with van der Waals surface area (Å²) in [6, 6.07) is 4.84. The Hall–Kier alpha value is -1.51. The maximum atomic E-state index is 13.5. The summed E-state index contributed by atoms with van der Waals surface area (Å²) >= 11 is 0. The molecule has 1 saturated heterocycles. The molecule has 6 rings (SSSR count). The van der Waals surface area contributed by atoms with Gasteiger partial charge >= 0.3 is 0 Å². The number of aliphatic hydroxyl groups is 1. The third-order valence-corrected chi connectivity index (χ3v) is 9.37. The number of benzene rings is 1. The first-order valence-electron chi connectivity index (χ1n) is 10.5. The molecule has 1 aromatic carbocycles. The van der Waals surface area contributed by atoms with Gasteiger partial charge in [0.25, 0.3) is 0 Å². The highest BCUT2D eigenvalue weighted by atomic mass is 32.2. The van der Waals surface area contributed by atoms with Crippen molar-refractivity contribution < 1.29 is 22.7 Å². The minimum atomic E-state index is -3.69. The van der Waals surface area contributed by atoms with Crippen LogP contribution in [0.15, 0.2) is 29.2 Å². The maximum absolute atomic E-state index is 13.5. The van der Waals surface area contributed by atoms with Gasteiger partial charge in [0, 0.05) is 26.2 Å². The van der Waals surface area contributed by atoms with Crippen molar-refractivity contribution in [3.63, 3.8) is 0 Å². The minimum Gasteiger partial charge on any atom is -0.390 e. The molecule has 0 aromatic heterocycles. The third-order valence-electron chi connectivity index (χ3n) is 7.46. The topological polar surface area (TPSA) is 77.9 Å². The van der Waals surface area contributed by atoms with Gasteiger partial charge < -0.3 is 10.0 Å². The molecule has 4 atom stereocenters. The minimum absolute atomic E-state index is 0.0713. The average molecular weight is 423 g/mol. The molecule has 4 saturated carbocycles. The fourth-order valence-corrected chi connectivity index (χ4v) is 8.11. The molecule has 6 nitrogen and oxygen atoms in total. The number of hydrogen-bond donors (Lipinski definition) is 1. The fraction of sp³-hybridized carbons (Fsp3) is 0.667. The molecule has 4 aliphatic carbocycles. The molecule has 8 heteroatoms. The highest BCUT2D eigenvalue weighted by Gasteiger charge is 2.61. The Morgan fingerprint density at radius 1 is 1.00 bits per heavy atom. The van der Waals surface area contributed by atoms with E-state index >= 15 is 0 Å². The Morgan fingerprint density at radius 3 is 2.14 bits per heavy atom. The second-order valence-corrected chi connectivity index (χ2v) is 11.6. The molecule has 4 bridgehead atoms. The highest BCUT2D eigenvalue weighted by molar-refractivity contribution is 7.89. The molecule has 2 unspecified atom stereocenters. The lowest BCUT2D eigenvalue weighted by Crippen LogP contribution is -2.62. The van der Waals surface area contributed by atoms with Crippen molar-refractivity contribution >= 4 is 15.9 Å². The maximum Gasteiger partial charge on any atom is 0.243 e. The molecule has 5 aliphatic rings. The van der Waals surface area contributed by atoms with Crippen LogP contribution in [0.3, 0.4) is 0 Å². The summed E-state index contributed by atoms with van der Waals surface area (Å²) in [4.78, 5) is 15.3. The van der Waals surface area contributed by atoms with Crippen molar-refractivity contribution in [2.75, 3.05) is 26.2 Å². The smallest absolute Gasteiger partial charge is 0.243 e. The molecule has 0 radical (unpaired) electrons. The van der Waals surface area contributed by atoms with Crippen LogP contribution in [-0.4, -0.2) is 60.4 Å². The summed E-state index contributed by atoms with van der Waals surface area (Å²) in [5, 5.41) is 10.9. The number of hydrogen-bond acceptors (Lipinski definition) is 4. The van der Waals surface area contributed by atoms with Crippen LogP contribution >= 0.6 is 0 Å². The third kappa shape index (κ3) is 3.20. The first kappa shape index (κ1) is 19.5. The molecule has 158 valence electrons. The summed E-state index contributed by atoms with van der Waals surface area (Å²) in [5.41, 5.74) is -1.15. The Kier molecular flexibility index (Phi) is 4.35. The fourth-order valence-electron chi connectivity index (χ4n) is 6.69. The van der Waals surface area contributed by atoms with E-state index in [-0.39, 0.29) is 23.9 Å². The summed E-state index contributed by atoms with van der Waals surface area (Å²) in [6.07, 6.45) is 5.04. The van der Waals surface area contributed by atoms with Gasteiger partial charge in [0.05, 0.1) is 15.9 Å². The molecule has 1 amide bonds. The number of piperazine rings is 1. The molecular formula is C21H27FN2O4S. The summed E-state index contributed by atoms with van der Waals surface area (Å²) in [5.74, 6) is 0.496. The Labute approximate surface area is 170 Å². The Morgan fingerprint density at radius 2 is 1.59 bits per heavy atom. The van der Waals surface area contributed by atoms with Crippen LogP contribution in [0.2, 0.25) is 0 Å². The van der Waals surface area contributed by atoms with Crippen LogP contribution in [0, 0.1) is 23.1 Å². The van der Waals surface area contributed by atoms with Crippen LogP contribution in [0.5, 0.6) is 0 Å². The van der Waals surface area contributed by atoms with E-state index in [1.807, 2.05) is 0 Å². The molecule has 29 heavy (non-hydrogen) atoms. The molecule has 5 fully saturated rings. The second kappa shape index (κ2) is 6.49. The average Bonchev–Trinajstić information content (AvgIpc) is 2.66. The van der Waals surface area contributed by atoms with E-state index in [4.69, 9.17) is 0 Å². The zero-order valence-electron chi connectivity index (χ0n) is 16.4. The molecule has 0 spiro atoms. The van der Waals surface area contributed by atoms with E-state index < -0.39 is 26.9 Å². The first-order chi connectivity index (χ1) is 13.7. The van der Waals surface area contributed by atoms with Crippen molar-refractivity contribution in [1.29, 1.82) is 0 Å². The van der Waals surface area contributed by atoms with Gasteiger partial charge in [0.2, 0.25) is 15.9 Å². The molecule has 1 aliphatic heterocycles. The molecular weight excluding hydrogens is 395 g/mol. The predicted molar refractivity (Wildman–Crippen MR) is 104 cm³/mol. The van der Waals surface area contributed by atoms with Gasteiger partial charge in [-0.25, -0.2) is 12.8 Å². The zero-order chi connectivity index (χ0) is 20.4. The number of carbonyl (C=O) groups excluding carboxylic acids is 1. The van der Waals surface area contributed by atoms with Crippen LogP contribution < -0.4 is 0 Å². The Bertz CT molecular complexity index is 911. The van der Waals surface area contributed by atoms with Crippen LogP contribution in [0.4, 0.5) is 4.39 Å². The first-order valence-corrected chi connectivity index (χ1v) is 11.9. The Balaban J connectivity index is 1.29. The molecule has 1 heterocycles. The van der Waals surface area contributed by atoms with E-state index in [1.165, 1.54) is 16.4 Å².